The molecule has 1 saturated heterocycles. The topological polar surface area (TPSA) is 32.3 Å². The van der Waals surface area contributed by atoms with Gasteiger partial charge in [0.1, 0.15) is 5.78 Å². The summed E-state index contributed by atoms with van der Waals surface area (Å²) >= 11 is 0. The number of hydrogen-bond donors (Lipinski definition) is 1. The second-order valence-electron chi connectivity index (χ2n) is 4.68. The van der Waals surface area contributed by atoms with Crippen molar-refractivity contribution >= 4 is 5.78 Å². The molecule has 0 aliphatic carbocycles. The zero-order valence-corrected chi connectivity index (χ0v) is 10.5. The Labute approximate surface area is 103 Å². The van der Waals surface area contributed by atoms with Gasteiger partial charge < -0.3 is 0 Å². The quantitative estimate of drug-likeness (QED) is 0.864. The van der Waals surface area contributed by atoms with Crippen molar-refractivity contribution in [3.05, 3.63) is 35.9 Å². The number of carbonyl (C=O) groups excluding carboxylic acids is 1. The number of hydrogen-bond acceptors (Lipinski definition) is 3. The first-order valence-electron chi connectivity index (χ1n) is 6.21. The number of benzene rings is 1. The monoisotopic (exact) mass is 232 g/mol. The lowest BCUT2D eigenvalue weighted by Gasteiger charge is -2.37. The zero-order valence-electron chi connectivity index (χ0n) is 10.5. The van der Waals surface area contributed by atoms with E-state index in [1.165, 1.54) is 5.56 Å². The molecule has 0 saturated carbocycles. The Morgan fingerprint density at radius 1 is 1.35 bits per heavy atom. The Morgan fingerprint density at radius 3 is 2.65 bits per heavy atom. The van der Waals surface area contributed by atoms with Crippen LogP contribution in [-0.2, 0) is 4.79 Å². The summed E-state index contributed by atoms with van der Waals surface area (Å²) in [7, 11) is 1.89. The highest BCUT2D eigenvalue weighted by Gasteiger charge is 2.31. The fourth-order valence-corrected chi connectivity index (χ4v) is 2.65. The van der Waals surface area contributed by atoms with E-state index < -0.39 is 0 Å². The van der Waals surface area contributed by atoms with Gasteiger partial charge in [0.25, 0.3) is 0 Å². The number of hydrazine groups is 1. The van der Waals surface area contributed by atoms with Crippen molar-refractivity contribution in [1.29, 1.82) is 0 Å². The lowest BCUT2D eigenvalue weighted by atomic mass is 9.85. The molecule has 1 N–H and O–H groups in total. The van der Waals surface area contributed by atoms with Gasteiger partial charge in [0.2, 0.25) is 0 Å². The molecule has 2 unspecified atom stereocenters. The van der Waals surface area contributed by atoms with Crippen LogP contribution in [0.25, 0.3) is 0 Å². The first kappa shape index (κ1) is 12.3. The van der Waals surface area contributed by atoms with Crippen LogP contribution in [0.5, 0.6) is 0 Å². The highest BCUT2D eigenvalue weighted by atomic mass is 16.1. The van der Waals surface area contributed by atoms with Gasteiger partial charge in [-0.2, -0.15) is 0 Å². The van der Waals surface area contributed by atoms with Gasteiger partial charge in [0.05, 0.1) is 6.04 Å². The molecule has 0 bridgehead atoms. The van der Waals surface area contributed by atoms with Crippen molar-refractivity contribution in [2.24, 2.45) is 0 Å². The van der Waals surface area contributed by atoms with Crippen LogP contribution in [0, 0.1) is 0 Å². The Kier molecular flexibility index (Phi) is 3.92. The van der Waals surface area contributed by atoms with Crippen LogP contribution in [0.2, 0.25) is 0 Å². The molecule has 92 valence electrons. The smallest absolute Gasteiger partial charge is 0.148 e. The lowest BCUT2D eigenvalue weighted by Crippen LogP contribution is -2.51. The third kappa shape index (κ3) is 2.73. The van der Waals surface area contributed by atoms with Crippen molar-refractivity contribution < 1.29 is 4.79 Å². The maximum atomic E-state index is 11.7. The van der Waals surface area contributed by atoms with Crippen molar-refractivity contribution in [3.8, 4) is 0 Å². The molecule has 1 heterocycles. The standard InChI is InChI=1S/C14H20N2O/c1-11(17)14-10-13(8-9-16(14)15-2)12-6-4-3-5-7-12/h3-7,13-15H,8-10H2,1-2H3. The molecule has 1 aromatic carbocycles. The molecular weight excluding hydrogens is 212 g/mol. The van der Waals surface area contributed by atoms with E-state index in [0.717, 1.165) is 19.4 Å². The second-order valence-corrected chi connectivity index (χ2v) is 4.68. The number of piperidine rings is 1. The number of nitrogens with one attached hydrogen (secondary N) is 1. The number of rotatable bonds is 3. The van der Waals surface area contributed by atoms with Gasteiger partial charge in [-0.05, 0) is 38.3 Å². The minimum Gasteiger partial charge on any atom is -0.298 e. The van der Waals surface area contributed by atoms with Gasteiger partial charge in [0.15, 0.2) is 0 Å². The second kappa shape index (κ2) is 5.43. The van der Waals surface area contributed by atoms with Crippen LogP contribution in [0.1, 0.15) is 31.2 Å². The Morgan fingerprint density at radius 2 is 2.06 bits per heavy atom. The van der Waals surface area contributed by atoms with E-state index in [-0.39, 0.29) is 11.8 Å². The number of Topliss-reactive ketones (excluding diaryl/α,β-unsaturated/α-hetero) is 1. The van der Waals surface area contributed by atoms with Gasteiger partial charge in [-0.15, -0.1) is 0 Å². The molecule has 0 amide bonds. The highest BCUT2D eigenvalue weighted by Crippen LogP contribution is 2.30. The molecule has 3 nitrogen and oxygen atoms in total. The average molecular weight is 232 g/mol. The van der Waals surface area contributed by atoms with E-state index in [1.807, 2.05) is 13.1 Å². The summed E-state index contributed by atoms with van der Waals surface area (Å²) in [5.74, 6) is 0.759. The normalized spacial score (nSPS) is 25.8. The minimum absolute atomic E-state index is 0.0129. The summed E-state index contributed by atoms with van der Waals surface area (Å²) in [6, 6.07) is 10.5. The predicted octanol–water partition coefficient (Wildman–Crippen LogP) is 1.96. The molecule has 0 aromatic heterocycles. The van der Waals surface area contributed by atoms with Crippen molar-refractivity contribution in [3.63, 3.8) is 0 Å². The predicted molar refractivity (Wildman–Crippen MR) is 68.7 cm³/mol. The Hall–Kier alpha value is -1.19. The number of ketones is 1. The first-order chi connectivity index (χ1) is 8.22. The summed E-state index contributed by atoms with van der Waals surface area (Å²) in [6.45, 7) is 2.61. The molecule has 0 spiro atoms. The Balaban J connectivity index is 2.11. The van der Waals surface area contributed by atoms with E-state index >= 15 is 0 Å². The molecule has 1 aliphatic rings. The van der Waals surface area contributed by atoms with Crippen LogP contribution < -0.4 is 5.43 Å². The average Bonchev–Trinajstić information content (AvgIpc) is 2.39. The SMILES string of the molecule is CNN1CCC(c2ccccc2)CC1C(C)=O. The van der Waals surface area contributed by atoms with Crippen molar-refractivity contribution in [2.75, 3.05) is 13.6 Å². The van der Waals surface area contributed by atoms with Gasteiger partial charge in [0, 0.05) is 6.54 Å². The third-order valence-electron chi connectivity index (χ3n) is 3.63. The van der Waals surface area contributed by atoms with Crippen LogP contribution >= 0.6 is 0 Å². The summed E-state index contributed by atoms with van der Waals surface area (Å²) in [6.07, 6.45) is 2.02. The molecule has 2 atom stereocenters. The summed E-state index contributed by atoms with van der Waals surface area (Å²) in [5, 5.41) is 2.06. The maximum absolute atomic E-state index is 11.7. The molecule has 3 heteroatoms. The van der Waals surface area contributed by atoms with E-state index in [9.17, 15) is 4.79 Å². The van der Waals surface area contributed by atoms with Crippen LogP contribution in [0.15, 0.2) is 30.3 Å². The minimum atomic E-state index is 0.0129. The molecule has 17 heavy (non-hydrogen) atoms. The van der Waals surface area contributed by atoms with E-state index in [2.05, 4.69) is 34.7 Å². The first-order valence-corrected chi connectivity index (χ1v) is 6.21. The Bertz CT molecular complexity index is 377. The third-order valence-corrected chi connectivity index (χ3v) is 3.63. The van der Waals surface area contributed by atoms with Crippen molar-refractivity contribution in [1.82, 2.24) is 10.4 Å². The van der Waals surface area contributed by atoms with E-state index in [4.69, 9.17) is 0 Å². The van der Waals surface area contributed by atoms with Gasteiger partial charge in [-0.3, -0.25) is 10.2 Å². The van der Waals surface area contributed by atoms with Gasteiger partial charge in [-0.25, -0.2) is 5.01 Å². The summed E-state index contributed by atoms with van der Waals surface area (Å²) < 4.78 is 0. The van der Waals surface area contributed by atoms with Gasteiger partial charge >= 0.3 is 0 Å². The molecular formula is C14H20N2O. The lowest BCUT2D eigenvalue weighted by molar-refractivity contribution is -0.124. The fourth-order valence-electron chi connectivity index (χ4n) is 2.65. The molecule has 1 fully saturated rings. The van der Waals surface area contributed by atoms with Crippen LogP contribution in [0.3, 0.4) is 0 Å². The molecule has 1 aromatic rings. The number of nitrogens with zero attached hydrogens (tertiary/aromatic N) is 1. The van der Waals surface area contributed by atoms with Crippen LogP contribution in [-0.4, -0.2) is 30.4 Å². The number of carbonyl (C=O) groups is 1. The maximum Gasteiger partial charge on any atom is 0.148 e. The van der Waals surface area contributed by atoms with E-state index in [1.54, 1.807) is 6.92 Å². The fraction of sp³-hybridized carbons (Fsp3) is 0.500. The largest absolute Gasteiger partial charge is 0.298 e. The summed E-state index contributed by atoms with van der Waals surface area (Å²) in [5.41, 5.74) is 4.48. The highest BCUT2D eigenvalue weighted by molar-refractivity contribution is 5.81. The van der Waals surface area contributed by atoms with E-state index in [0.29, 0.717) is 5.92 Å². The summed E-state index contributed by atoms with van der Waals surface area (Å²) in [4.78, 5) is 11.7. The van der Waals surface area contributed by atoms with Crippen molar-refractivity contribution in [2.45, 2.75) is 31.7 Å². The zero-order chi connectivity index (χ0) is 12.3. The molecule has 2 rings (SSSR count). The van der Waals surface area contributed by atoms with Crippen LogP contribution in [0.4, 0.5) is 0 Å². The van der Waals surface area contributed by atoms with Gasteiger partial charge in [-0.1, -0.05) is 30.3 Å². The molecule has 1 aliphatic heterocycles. The molecule has 0 radical (unpaired) electrons.